The van der Waals surface area contributed by atoms with Gasteiger partial charge in [0, 0.05) is 18.0 Å². The number of alkyl halides is 3. The van der Waals surface area contributed by atoms with E-state index >= 15 is 0 Å². The number of thiazole rings is 1. The number of rotatable bonds is 7. The van der Waals surface area contributed by atoms with Gasteiger partial charge >= 0.3 is 6.18 Å². The molecule has 1 aliphatic rings. The predicted molar refractivity (Wildman–Crippen MR) is 62.3 cm³/mol. The summed E-state index contributed by atoms with van der Waals surface area (Å²) in [6, 6.07) is 0.625. The van der Waals surface area contributed by atoms with Gasteiger partial charge in [-0.05, 0) is 12.8 Å². The number of nitrogens with zero attached hydrogens (tertiary/aromatic N) is 1. The van der Waals surface area contributed by atoms with Crippen molar-refractivity contribution in [3.05, 3.63) is 16.1 Å². The first-order chi connectivity index (χ1) is 8.53. The molecule has 2 rings (SSSR count). The molecule has 3 nitrogen and oxygen atoms in total. The van der Waals surface area contributed by atoms with Crippen LogP contribution in [0.5, 0.6) is 0 Å². The summed E-state index contributed by atoms with van der Waals surface area (Å²) in [5.41, 5.74) is 0.703. The van der Waals surface area contributed by atoms with Gasteiger partial charge < -0.3 is 10.1 Å². The summed E-state index contributed by atoms with van der Waals surface area (Å²) in [6.45, 7) is 0.574. The lowest BCUT2D eigenvalue weighted by molar-refractivity contribution is -0.146. The quantitative estimate of drug-likeness (QED) is 0.780. The maximum absolute atomic E-state index is 11.9. The molecule has 1 aromatic rings. The largest absolute Gasteiger partial charge is 0.391 e. The van der Waals surface area contributed by atoms with Gasteiger partial charge in [0.1, 0.15) is 5.01 Å². The fraction of sp³-hybridized carbons (Fsp3) is 0.727. The first kappa shape index (κ1) is 13.8. The molecule has 1 heterocycles. The van der Waals surface area contributed by atoms with Gasteiger partial charge in [0.2, 0.25) is 0 Å². The van der Waals surface area contributed by atoms with Crippen molar-refractivity contribution in [1.82, 2.24) is 10.3 Å². The lowest BCUT2D eigenvalue weighted by Crippen LogP contribution is -2.15. The summed E-state index contributed by atoms with van der Waals surface area (Å²) >= 11 is 1.51. The lowest BCUT2D eigenvalue weighted by Gasteiger charge is -2.05. The Labute approximate surface area is 107 Å². The zero-order chi connectivity index (χ0) is 13.0. The highest BCUT2D eigenvalue weighted by Crippen LogP contribution is 2.21. The van der Waals surface area contributed by atoms with Gasteiger partial charge in [-0.25, -0.2) is 4.98 Å². The maximum Gasteiger partial charge on any atom is 0.391 e. The van der Waals surface area contributed by atoms with Gasteiger partial charge in [0.15, 0.2) is 0 Å². The van der Waals surface area contributed by atoms with Crippen LogP contribution >= 0.6 is 11.3 Å². The van der Waals surface area contributed by atoms with Crippen molar-refractivity contribution < 1.29 is 17.9 Å². The lowest BCUT2D eigenvalue weighted by atomic mass is 10.4. The molecule has 0 saturated heterocycles. The van der Waals surface area contributed by atoms with Gasteiger partial charge in [-0.2, -0.15) is 13.2 Å². The summed E-state index contributed by atoms with van der Waals surface area (Å²) in [5.74, 6) is 0. The normalized spacial score (nSPS) is 16.2. The van der Waals surface area contributed by atoms with Crippen molar-refractivity contribution in [3.63, 3.8) is 0 Å². The number of hydrogen-bond acceptors (Lipinski definition) is 4. The molecule has 0 radical (unpaired) electrons. The van der Waals surface area contributed by atoms with Crippen LogP contribution in [-0.2, 0) is 17.9 Å². The predicted octanol–water partition coefficient (Wildman–Crippen LogP) is 2.86. The molecule has 0 amide bonds. The molecule has 0 atom stereocenters. The van der Waals surface area contributed by atoms with Crippen molar-refractivity contribution in [2.24, 2.45) is 0 Å². The maximum atomic E-state index is 11.9. The van der Waals surface area contributed by atoms with E-state index in [0.717, 1.165) is 11.6 Å². The van der Waals surface area contributed by atoms with E-state index in [9.17, 15) is 13.2 Å². The van der Waals surface area contributed by atoms with E-state index in [1.54, 1.807) is 0 Å². The highest BCUT2D eigenvalue weighted by Gasteiger charge is 2.26. The molecule has 0 spiro atoms. The van der Waals surface area contributed by atoms with E-state index in [2.05, 4.69) is 10.3 Å². The topological polar surface area (TPSA) is 34.1 Å². The van der Waals surface area contributed by atoms with Crippen LogP contribution in [0.2, 0.25) is 0 Å². The molecule has 1 aromatic heterocycles. The van der Waals surface area contributed by atoms with E-state index in [-0.39, 0.29) is 13.2 Å². The molecule has 18 heavy (non-hydrogen) atoms. The standard InChI is InChI=1S/C11H15F3N2OS/c12-11(13,14)3-4-17-6-9-7-18-10(16-9)5-15-8-1-2-8/h7-8,15H,1-6H2. The Morgan fingerprint density at radius 1 is 1.44 bits per heavy atom. The number of nitrogens with one attached hydrogen (secondary N) is 1. The molecule has 7 heteroatoms. The molecular formula is C11H15F3N2OS. The number of ether oxygens (including phenoxy) is 1. The molecule has 1 fully saturated rings. The Morgan fingerprint density at radius 3 is 2.89 bits per heavy atom. The molecule has 0 aliphatic heterocycles. The minimum Gasteiger partial charge on any atom is -0.375 e. The number of hydrogen-bond donors (Lipinski definition) is 1. The van der Waals surface area contributed by atoms with Crippen LogP contribution in [-0.4, -0.2) is 23.8 Å². The minimum atomic E-state index is -4.15. The van der Waals surface area contributed by atoms with Crippen LogP contribution in [0.25, 0.3) is 0 Å². The van der Waals surface area contributed by atoms with E-state index in [4.69, 9.17) is 4.74 Å². The third-order valence-electron chi connectivity index (χ3n) is 2.50. The molecule has 0 unspecified atom stereocenters. The fourth-order valence-corrected chi connectivity index (χ4v) is 2.11. The van der Waals surface area contributed by atoms with Gasteiger partial charge in [-0.1, -0.05) is 0 Å². The van der Waals surface area contributed by atoms with Crippen LogP contribution < -0.4 is 5.32 Å². The Balaban J connectivity index is 1.63. The van der Waals surface area contributed by atoms with Gasteiger partial charge in [0.25, 0.3) is 0 Å². The fourth-order valence-electron chi connectivity index (χ4n) is 1.38. The molecule has 0 aromatic carbocycles. The average Bonchev–Trinajstić information content (AvgIpc) is 3.00. The van der Waals surface area contributed by atoms with E-state index in [0.29, 0.717) is 11.7 Å². The van der Waals surface area contributed by atoms with E-state index in [1.807, 2.05) is 5.38 Å². The second kappa shape index (κ2) is 5.99. The molecule has 1 N–H and O–H groups in total. The molecule has 0 bridgehead atoms. The Hall–Kier alpha value is -0.660. The Kier molecular flexibility index (Phi) is 4.58. The van der Waals surface area contributed by atoms with Gasteiger partial charge in [-0.15, -0.1) is 11.3 Å². The molecule has 1 saturated carbocycles. The number of aromatic nitrogens is 1. The second-order valence-corrected chi connectivity index (χ2v) is 5.25. The first-order valence-electron chi connectivity index (χ1n) is 5.84. The van der Waals surface area contributed by atoms with Crippen LogP contribution in [0.4, 0.5) is 13.2 Å². The monoisotopic (exact) mass is 280 g/mol. The zero-order valence-electron chi connectivity index (χ0n) is 9.79. The van der Waals surface area contributed by atoms with Crippen LogP contribution in [0, 0.1) is 0 Å². The van der Waals surface area contributed by atoms with Crippen molar-refractivity contribution in [2.75, 3.05) is 6.61 Å². The van der Waals surface area contributed by atoms with E-state index in [1.165, 1.54) is 24.2 Å². The van der Waals surface area contributed by atoms with Crippen LogP contribution in [0.3, 0.4) is 0 Å². The Morgan fingerprint density at radius 2 is 2.22 bits per heavy atom. The SMILES string of the molecule is FC(F)(F)CCOCc1csc(CNC2CC2)n1. The molecule has 1 aliphatic carbocycles. The smallest absolute Gasteiger partial charge is 0.375 e. The minimum absolute atomic E-state index is 0.149. The number of halogens is 3. The third-order valence-corrected chi connectivity index (χ3v) is 3.40. The van der Waals surface area contributed by atoms with Crippen molar-refractivity contribution in [2.45, 2.75) is 44.6 Å². The van der Waals surface area contributed by atoms with Crippen LogP contribution in [0.15, 0.2) is 5.38 Å². The summed E-state index contributed by atoms with van der Waals surface area (Å²) in [7, 11) is 0. The summed E-state index contributed by atoms with van der Waals surface area (Å²) < 4.78 is 40.5. The Bertz CT molecular complexity index is 377. The van der Waals surface area contributed by atoms with Gasteiger partial charge in [-0.3, -0.25) is 0 Å². The molecule has 102 valence electrons. The van der Waals surface area contributed by atoms with Crippen molar-refractivity contribution in [1.29, 1.82) is 0 Å². The van der Waals surface area contributed by atoms with Crippen molar-refractivity contribution in [3.8, 4) is 0 Å². The van der Waals surface area contributed by atoms with Crippen molar-refractivity contribution >= 4 is 11.3 Å². The third kappa shape index (κ3) is 5.32. The van der Waals surface area contributed by atoms with E-state index < -0.39 is 12.6 Å². The second-order valence-electron chi connectivity index (χ2n) is 4.31. The summed E-state index contributed by atoms with van der Waals surface area (Å²) in [6.07, 6.45) is -2.62. The van der Waals surface area contributed by atoms with Gasteiger partial charge in [0.05, 0.1) is 25.3 Å². The average molecular weight is 280 g/mol. The summed E-state index contributed by atoms with van der Waals surface area (Å²) in [5, 5.41) is 6.12. The highest BCUT2D eigenvalue weighted by atomic mass is 32.1. The zero-order valence-corrected chi connectivity index (χ0v) is 10.6. The summed E-state index contributed by atoms with van der Waals surface area (Å²) in [4.78, 5) is 4.29. The molecular weight excluding hydrogens is 265 g/mol. The first-order valence-corrected chi connectivity index (χ1v) is 6.72. The highest BCUT2D eigenvalue weighted by molar-refractivity contribution is 7.09. The van der Waals surface area contributed by atoms with Crippen LogP contribution in [0.1, 0.15) is 30.0 Å².